The fraction of sp³-hybridized carbons (Fsp3) is 0.400. The Morgan fingerprint density at radius 1 is 1.11 bits per heavy atom. The second-order valence-corrected chi connectivity index (χ2v) is 11.9. The Morgan fingerprint density at radius 2 is 1.81 bits per heavy atom. The number of likely N-dealkylation sites (tertiary alicyclic amines) is 1. The summed E-state index contributed by atoms with van der Waals surface area (Å²) in [5.41, 5.74) is 2.94. The maximum absolute atomic E-state index is 13.4. The Bertz CT molecular complexity index is 1390. The van der Waals surface area contributed by atoms with Gasteiger partial charge in [0.2, 0.25) is 10.0 Å². The number of anilines is 1. The molecule has 0 bridgehead atoms. The van der Waals surface area contributed by atoms with E-state index in [4.69, 9.17) is 11.6 Å². The van der Waals surface area contributed by atoms with Crippen molar-refractivity contribution in [3.05, 3.63) is 69.8 Å². The van der Waals surface area contributed by atoms with Gasteiger partial charge in [-0.25, -0.2) is 17.5 Å². The number of sulfonamides is 1. The molecule has 4 rings (SSSR count). The molecule has 0 unspecified atom stereocenters. The molecule has 2 heterocycles. The fourth-order valence-electron chi connectivity index (χ4n) is 4.52. The lowest BCUT2D eigenvalue weighted by molar-refractivity contribution is 0.203. The minimum Gasteiger partial charge on any atom is -0.314 e. The van der Waals surface area contributed by atoms with Crippen LogP contribution in [0.4, 0.5) is 10.5 Å². The zero-order valence-electron chi connectivity index (χ0n) is 21.1. The van der Waals surface area contributed by atoms with Gasteiger partial charge >= 0.3 is 6.03 Å². The number of halogens is 1. The molecule has 0 aliphatic carbocycles. The highest BCUT2D eigenvalue weighted by molar-refractivity contribution is 7.89. The predicted molar refractivity (Wildman–Crippen MR) is 140 cm³/mol. The van der Waals surface area contributed by atoms with Crippen molar-refractivity contribution < 1.29 is 13.2 Å². The number of nitrogens with one attached hydrogen (secondary N) is 1. The Kier molecular flexibility index (Phi) is 7.40. The normalized spacial score (nSPS) is 16.1. The van der Waals surface area contributed by atoms with Crippen molar-refractivity contribution >= 4 is 33.3 Å². The molecule has 192 valence electrons. The summed E-state index contributed by atoms with van der Waals surface area (Å²) in [4.78, 5) is 15.3. The van der Waals surface area contributed by atoms with Crippen molar-refractivity contribution in [2.75, 3.05) is 26.0 Å². The van der Waals surface area contributed by atoms with Gasteiger partial charge in [-0.2, -0.15) is 0 Å². The van der Waals surface area contributed by atoms with E-state index in [2.05, 4.69) is 15.5 Å². The van der Waals surface area contributed by atoms with Crippen LogP contribution >= 0.6 is 11.6 Å². The molecule has 1 N–H and O–H groups in total. The SMILES string of the molecule is Cc1cc(C)c(S(=O)(=O)N(C)C)cc1NC(=O)N1CCC[C@@H]1c1nnc(C)n1Cc1ccc(Cl)cc1. The number of aromatic nitrogens is 3. The first-order valence-electron chi connectivity index (χ1n) is 11.7. The van der Waals surface area contributed by atoms with Crippen LogP contribution < -0.4 is 5.32 Å². The number of carbonyl (C=O) groups is 1. The number of hydrogen-bond acceptors (Lipinski definition) is 5. The Hall–Kier alpha value is -2.95. The van der Waals surface area contributed by atoms with Crippen LogP contribution in [0, 0.1) is 20.8 Å². The lowest BCUT2D eigenvalue weighted by atomic mass is 10.1. The van der Waals surface area contributed by atoms with Gasteiger partial charge in [0.25, 0.3) is 0 Å². The summed E-state index contributed by atoms with van der Waals surface area (Å²) in [6, 6.07) is 10.4. The first kappa shape index (κ1) is 26.1. The topological polar surface area (TPSA) is 100 Å². The summed E-state index contributed by atoms with van der Waals surface area (Å²) < 4.78 is 28.8. The molecule has 1 aliphatic rings. The van der Waals surface area contributed by atoms with E-state index >= 15 is 0 Å². The monoisotopic (exact) mass is 530 g/mol. The average molecular weight is 531 g/mol. The van der Waals surface area contributed by atoms with Crippen molar-refractivity contribution in [2.24, 2.45) is 0 Å². The van der Waals surface area contributed by atoms with Crippen LogP contribution in [0.2, 0.25) is 5.02 Å². The number of carbonyl (C=O) groups excluding carboxylic acids is 1. The van der Waals surface area contributed by atoms with Gasteiger partial charge < -0.3 is 14.8 Å². The molecule has 1 saturated heterocycles. The Labute approximate surface area is 217 Å². The molecule has 0 saturated carbocycles. The van der Waals surface area contributed by atoms with E-state index in [0.717, 1.165) is 35.6 Å². The molecule has 1 aliphatic heterocycles. The van der Waals surface area contributed by atoms with Crippen molar-refractivity contribution in [2.45, 2.75) is 51.1 Å². The van der Waals surface area contributed by atoms with Crippen LogP contribution in [0.3, 0.4) is 0 Å². The smallest absolute Gasteiger partial charge is 0.314 e. The van der Waals surface area contributed by atoms with Crippen LogP contribution in [0.5, 0.6) is 0 Å². The van der Waals surface area contributed by atoms with Crippen molar-refractivity contribution in [1.29, 1.82) is 0 Å². The van der Waals surface area contributed by atoms with Gasteiger partial charge in [-0.15, -0.1) is 10.2 Å². The first-order valence-corrected chi connectivity index (χ1v) is 13.6. The summed E-state index contributed by atoms with van der Waals surface area (Å²) in [6.07, 6.45) is 1.59. The minimum atomic E-state index is -3.65. The molecule has 1 atom stereocenters. The highest BCUT2D eigenvalue weighted by atomic mass is 35.5. The molecule has 9 nitrogen and oxygen atoms in total. The maximum atomic E-state index is 13.4. The van der Waals surface area contributed by atoms with E-state index in [1.807, 2.05) is 42.7 Å². The summed E-state index contributed by atoms with van der Waals surface area (Å²) in [6.45, 7) is 6.63. The van der Waals surface area contributed by atoms with E-state index in [9.17, 15) is 13.2 Å². The molecular weight excluding hydrogens is 500 g/mol. The van der Waals surface area contributed by atoms with Gasteiger partial charge in [0, 0.05) is 31.4 Å². The van der Waals surface area contributed by atoms with Crippen LogP contribution in [0.25, 0.3) is 0 Å². The van der Waals surface area contributed by atoms with Gasteiger partial charge in [-0.1, -0.05) is 29.8 Å². The van der Waals surface area contributed by atoms with Gasteiger partial charge in [-0.05, 0) is 68.5 Å². The molecule has 11 heteroatoms. The fourth-order valence-corrected chi connectivity index (χ4v) is 5.77. The largest absolute Gasteiger partial charge is 0.322 e. The number of hydrogen-bond donors (Lipinski definition) is 1. The molecule has 0 radical (unpaired) electrons. The van der Waals surface area contributed by atoms with Crippen molar-refractivity contribution in [3.8, 4) is 0 Å². The predicted octanol–water partition coefficient (Wildman–Crippen LogP) is 4.52. The van der Waals surface area contributed by atoms with Gasteiger partial charge in [0.15, 0.2) is 5.82 Å². The van der Waals surface area contributed by atoms with Crippen LogP contribution in [0.15, 0.2) is 41.3 Å². The molecule has 1 fully saturated rings. The van der Waals surface area contributed by atoms with E-state index in [0.29, 0.717) is 29.4 Å². The van der Waals surface area contributed by atoms with Crippen molar-refractivity contribution in [1.82, 2.24) is 24.0 Å². The third-order valence-electron chi connectivity index (χ3n) is 6.55. The average Bonchev–Trinajstić information content (AvgIpc) is 3.43. The zero-order valence-corrected chi connectivity index (χ0v) is 22.7. The molecule has 2 amide bonds. The number of amides is 2. The minimum absolute atomic E-state index is 0.171. The highest BCUT2D eigenvalue weighted by Gasteiger charge is 2.34. The first-order chi connectivity index (χ1) is 17.0. The van der Waals surface area contributed by atoms with Gasteiger partial charge in [-0.3, -0.25) is 0 Å². The van der Waals surface area contributed by atoms with E-state index in [-0.39, 0.29) is 17.0 Å². The second kappa shape index (κ2) is 10.2. The molecule has 0 spiro atoms. The van der Waals surface area contributed by atoms with Crippen LogP contribution in [-0.4, -0.2) is 59.1 Å². The number of aryl methyl sites for hydroxylation is 3. The van der Waals surface area contributed by atoms with Crippen LogP contribution in [0.1, 0.15) is 47.2 Å². The maximum Gasteiger partial charge on any atom is 0.322 e. The summed E-state index contributed by atoms with van der Waals surface area (Å²) in [7, 11) is -0.672. The summed E-state index contributed by atoms with van der Waals surface area (Å²) in [5, 5.41) is 12.3. The summed E-state index contributed by atoms with van der Waals surface area (Å²) in [5.74, 6) is 1.49. The van der Waals surface area contributed by atoms with Crippen molar-refractivity contribution in [3.63, 3.8) is 0 Å². The lowest BCUT2D eigenvalue weighted by Crippen LogP contribution is -2.36. The zero-order chi connectivity index (χ0) is 26.2. The molecule has 36 heavy (non-hydrogen) atoms. The third-order valence-corrected chi connectivity index (χ3v) is 8.76. The summed E-state index contributed by atoms with van der Waals surface area (Å²) >= 11 is 6.03. The molecule has 3 aromatic rings. The van der Waals surface area contributed by atoms with Crippen LogP contribution in [-0.2, 0) is 16.6 Å². The number of rotatable bonds is 6. The second-order valence-electron chi connectivity index (χ2n) is 9.32. The Balaban J connectivity index is 1.60. The van der Waals surface area contributed by atoms with Gasteiger partial charge in [0.1, 0.15) is 5.82 Å². The number of urea groups is 1. The molecule has 2 aromatic carbocycles. The number of benzene rings is 2. The molecule has 1 aromatic heterocycles. The number of nitrogens with zero attached hydrogens (tertiary/aromatic N) is 5. The van der Waals surface area contributed by atoms with Gasteiger partial charge in [0.05, 0.1) is 17.5 Å². The lowest BCUT2D eigenvalue weighted by Gasteiger charge is -2.26. The molecular formula is C25H31ClN6O3S. The standard InChI is InChI=1S/C25H31ClN6O3S/c1-16-13-17(2)23(36(34,35)30(4)5)14-21(16)27-25(33)31-12-6-7-22(31)24-29-28-18(3)32(24)15-19-8-10-20(26)11-9-19/h8-11,13-14,22H,6-7,12,15H2,1-5H3,(H,27,33)/t22-/m1/s1. The highest BCUT2D eigenvalue weighted by Crippen LogP contribution is 2.33. The Morgan fingerprint density at radius 3 is 2.47 bits per heavy atom. The van der Waals surface area contributed by atoms with E-state index in [1.54, 1.807) is 17.9 Å². The quantitative estimate of drug-likeness (QED) is 0.505. The van der Waals surface area contributed by atoms with E-state index < -0.39 is 10.0 Å². The third kappa shape index (κ3) is 5.11. The van der Waals surface area contributed by atoms with E-state index in [1.165, 1.54) is 24.5 Å².